The lowest BCUT2D eigenvalue weighted by molar-refractivity contribution is -0.140. The van der Waals surface area contributed by atoms with Crippen molar-refractivity contribution < 1.29 is 9.59 Å². The first kappa shape index (κ1) is 15.6. The normalized spacial score (nSPS) is 29.0. The molecule has 3 aliphatic rings. The molecule has 0 aromatic heterocycles. The first-order valence-electron chi connectivity index (χ1n) is 8.68. The summed E-state index contributed by atoms with van der Waals surface area (Å²) in [5, 5.41) is 3.13. The van der Waals surface area contributed by atoms with E-state index in [-0.39, 0.29) is 11.9 Å². The smallest absolute Gasteiger partial charge is 0.320 e. The first-order valence-corrected chi connectivity index (χ1v) is 8.68. The van der Waals surface area contributed by atoms with Crippen LogP contribution in [0.2, 0.25) is 0 Å². The molecule has 3 saturated heterocycles. The van der Waals surface area contributed by atoms with Crippen molar-refractivity contribution in [1.82, 2.24) is 20.0 Å². The zero-order valence-electron chi connectivity index (χ0n) is 13.6. The lowest BCUT2D eigenvalue weighted by Gasteiger charge is -2.47. The molecule has 0 saturated carbocycles. The number of hydrogen-bond donors (Lipinski definition) is 1. The summed E-state index contributed by atoms with van der Waals surface area (Å²) in [5.41, 5.74) is 0. The van der Waals surface area contributed by atoms with Crippen LogP contribution >= 0.6 is 0 Å². The molecule has 3 aliphatic heterocycles. The maximum atomic E-state index is 12.6. The minimum absolute atomic E-state index is 0.217. The van der Waals surface area contributed by atoms with Crippen LogP contribution in [0.25, 0.3) is 0 Å². The highest BCUT2D eigenvalue weighted by molar-refractivity contribution is 5.78. The Hall–Kier alpha value is -1.30. The predicted octanol–water partition coefficient (Wildman–Crippen LogP) is 0.735. The fraction of sp³-hybridized carbons (Fsp3) is 0.875. The summed E-state index contributed by atoms with van der Waals surface area (Å²) < 4.78 is 0. The van der Waals surface area contributed by atoms with Gasteiger partial charge in [0.05, 0.1) is 0 Å². The number of nitrogens with one attached hydrogen (secondary N) is 1. The summed E-state index contributed by atoms with van der Waals surface area (Å²) in [7, 11) is 1.92. The number of carbonyl (C=O) groups is 2. The van der Waals surface area contributed by atoms with E-state index in [4.69, 9.17) is 0 Å². The van der Waals surface area contributed by atoms with E-state index < -0.39 is 0 Å². The molecule has 0 aromatic carbocycles. The molecular weight excluding hydrogens is 280 g/mol. The minimum atomic E-state index is 0.217. The summed E-state index contributed by atoms with van der Waals surface area (Å²) >= 11 is 0. The van der Waals surface area contributed by atoms with Crippen LogP contribution in [0, 0.1) is 5.92 Å². The van der Waals surface area contributed by atoms with Crippen molar-refractivity contribution in [2.45, 2.75) is 38.1 Å². The van der Waals surface area contributed by atoms with E-state index in [0.29, 0.717) is 18.4 Å². The lowest BCUT2D eigenvalue weighted by atomic mass is 9.83. The van der Waals surface area contributed by atoms with Crippen LogP contribution in [0.4, 0.5) is 4.79 Å². The van der Waals surface area contributed by atoms with E-state index in [2.05, 4.69) is 10.2 Å². The van der Waals surface area contributed by atoms with Gasteiger partial charge in [0.2, 0.25) is 5.91 Å². The number of piperidine rings is 2. The Bertz CT molecular complexity index is 422. The molecule has 0 radical (unpaired) electrons. The molecule has 2 unspecified atom stereocenters. The SMILES string of the molecule is CNCCN1C(=O)CCC2CN(C(=O)N3CCCC3)CCC21. The molecule has 3 rings (SSSR count). The third-order valence-electron chi connectivity index (χ3n) is 5.39. The van der Waals surface area contributed by atoms with E-state index in [1.54, 1.807) is 0 Å². The topological polar surface area (TPSA) is 55.9 Å². The second-order valence-corrected chi connectivity index (χ2v) is 6.77. The van der Waals surface area contributed by atoms with Crippen molar-refractivity contribution in [3.8, 4) is 0 Å². The van der Waals surface area contributed by atoms with Crippen LogP contribution in [-0.4, -0.2) is 79.0 Å². The maximum Gasteiger partial charge on any atom is 0.320 e. The molecule has 3 fully saturated rings. The van der Waals surface area contributed by atoms with Gasteiger partial charge in [-0.15, -0.1) is 0 Å². The highest BCUT2D eigenvalue weighted by atomic mass is 16.2. The van der Waals surface area contributed by atoms with Gasteiger partial charge >= 0.3 is 6.03 Å². The molecule has 6 nitrogen and oxygen atoms in total. The fourth-order valence-electron chi connectivity index (χ4n) is 4.16. The van der Waals surface area contributed by atoms with E-state index >= 15 is 0 Å². The van der Waals surface area contributed by atoms with Crippen LogP contribution in [0.3, 0.4) is 0 Å². The van der Waals surface area contributed by atoms with E-state index in [0.717, 1.165) is 65.0 Å². The first-order chi connectivity index (χ1) is 10.7. The van der Waals surface area contributed by atoms with Crippen molar-refractivity contribution in [3.63, 3.8) is 0 Å². The van der Waals surface area contributed by atoms with Crippen molar-refractivity contribution in [2.75, 3.05) is 46.3 Å². The molecule has 1 N–H and O–H groups in total. The standard InChI is InChI=1S/C16H28N4O2/c1-17-7-11-20-14-6-10-19(12-13(14)4-5-15(20)21)16(22)18-8-2-3-9-18/h13-14,17H,2-12H2,1H3. The minimum Gasteiger partial charge on any atom is -0.338 e. The van der Waals surface area contributed by atoms with Crippen molar-refractivity contribution in [2.24, 2.45) is 5.92 Å². The number of amides is 3. The fourth-order valence-corrected chi connectivity index (χ4v) is 4.16. The van der Waals surface area contributed by atoms with Crippen LogP contribution in [0.15, 0.2) is 0 Å². The average Bonchev–Trinajstić information content (AvgIpc) is 3.07. The molecule has 0 aromatic rings. The van der Waals surface area contributed by atoms with Gasteiger partial charge in [0.15, 0.2) is 0 Å². The monoisotopic (exact) mass is 308 g/mol. The van der Waals surface area contributed by atoms with Crippen LogP contribution < -0.4 is 5.32 Å². The summed E-state index contributed by atoms with van der Waals surface area (Å²) in [6, 6.07) is 0.548. The van der Waals surface area contributed by atoms with Gasteiger partial charge in [-0.25, -0.2) is 4.79 Å². The Morgan fingerprint density at radius 2 is 1.95 bits per heavy atom. The molecular formula is C16H28N4O2. The van der Waals surface area contributed by atoms with E-state index in [1.807, 2.05) is 16.8 Å². The largest absolute Gasteiger partial charge is 0.338 e. The average molecular weight is 308 g/mol. The quantitative estimate of drug-likeness (QED) is 0.836. The second-order valence-electron chi connectivity index (χ2n) is 6.77. The van der Waals surface area contributed by atoms with Gasteiger partial charge in [-0.1, -0.05) is 0 Å². The number of nitrogens with zero attached hydrogens (tertiary/aromatic N) is 3. The Kier molecular flexibility index (Phi) is 4.86. The molecule has 124 valence electrons. The van der Waals surface area contributed by atoms with Crippen LogP contribution in [0.5, 0.6) is 0 Å². The van der Waals surface area contributed by atoms with E-state index in [9.17, 15) is 9.59 Å². The van der Waals surface area contributed by atoms with Gasteiger partial charge in [-0.2, -0.15) is 0 Å². The Labute approximate surface area is 132 Å². The number of rotatable bonds is 3. The number of fused-ring (bicyclic) bond motifs is 1. The highest BCUT2D eigenvalue weighted by Crippen LogP contribution is 2.31. The van der Waals surface area contributed by atoms with Gasteiger partial charge in [0.1, 0.15) is 0 Å². The molecule has 0 spiro atoms. The van der Waals surface area contributed by atoms with Gasteiger partial charge in [0, 0.05) is 51.7 Å². The van der Waals surface area contributed by atoms with Crippen molar-refractivity contribution in [1.29, 1.82) is 0 Å². The molecule has 3 heterocycles. The van der Waals surface area contributed by atoms with E-state index in [1.165, 1.54) is 0 Å². The predicted molar refractivity (Wildman–Crippen MR) is 84.5 cm³/mol. The summed E-state index contributed by atoms with van der Waals surface area (Å²) in [4.78, 5) is 30.8. The molecule has 0 aliphatic carbocycles. The molecule has 3 amide bonds. The highest BCUT2D eigenvalue weighted by Gasteiger charge is 2.40. The van der Waals surface area contributed by atoms with Gasteiger partial charge in [-0.05, 0) is 38.6 Å². The number of carbonyl (C=O) groups excluding carboxylic acids is 2. The van der Waals surface area contributed by atoms with Crippen LogP contribution in [-0.2, 0) is 4.79 Å². The number of likely N-dealkylation sites (N-methyl/N-ethyl adjacent to an activating group) is 1. The van der Waals surface area contributed by atoms with Gasteiger partial charge in [0.25, 0.3) is 0 Å². The Balaban J connectivity index is 1.61. The second kappa shape index (κ2) is 6.86. The number of urea groups is 1. The number of hydrogen-bond acceptors (Lipinski definition) is 3. The summed E-state index contributed by atoms with van der Waals surface area (Å²) in [6.07, 6.45) is 4.77. The third-order valence-corrected chi connectivity index (χ3v) is 5.39. The van der Waals surface area contributed by atoms with Gasteiger partial charge < -0.3 is 20.0 Å². The van der Waals surface area contributed by atoms with Crippen LogP contribution in [0.1, 0.15) is 32.1 Å². The molecule has 0 bridgehead atoms. The van der Waals surface area contributed by atoms with Crippen molar-refractivity contribution >= 4 is 11.9 Å². The lowest BCUT2D eigenvalue weighted by Crippen LogP contribution is -2.59. The zero-order valence-corrected chi connectivity index (χ0v) is 13.6. The molecule has 2 atom stereocenters. The third kappa shape index (κ3) is 3.07. The maximum absolute atomic E-state index is 12.6. The Morgan fingerprint density at radius 3 is 2.68 bits per heavy atom. The summed E-state index contributed by atoms with van der Waals surface area (Å²) in [5.74, 6) is 0.741. The molecule has 22 heavy (non-hydrogen) atoms. The van der Waals surface area contributed by atoms with Gasteiger partial charge in [-0.3, -0.25) is 4.79 Å². The summed E-state index contributed by atoms with van der Waals surface area (Å²) in [6.45, 7) is 5.07. The Morgan fingerprint density at radius 1 is 1.18 bits per heavy atom. The number of likely N-dealkylation sites (tertiary alicyclic amines) is 3. The van der Waals surface area contributed by atoms with Crippen molar-refractivity contribution in [3.05, 3.63) is 0 Å². The zero-order chi connectivity index (χ0) is 15.5. The molecule has 6 heteroatoms.